The SMILES string of the molecule is CC(N)C(C)C(=O)NCC(O)COc1ccc(C(F)(F)F)cc1. The molecule has 0 aliphatic heterocycles. The molecule has 1 aromatic rings. The van der Waals surface area contributed by atoms with E-state index in [4.69, 9.17) is 10.5 Å². The second kappa shape index (κ2) is 8.16. The van der Waals surface area contributed by atoms with E-state index in [9.17, 15) is 23.1 Å². The summed E-state index contributed by atoms with van der Waals surface area (Å²) in [4.78, 5) is 11.6. The molecule has 0 spiro atoms. The molecule has 5 nitrogen and oxygen atoms in total. The molecule has 0 aliphatic carbocycles. The smallest absolute Gasteiger partial charge is 0.416 e. The van der Waals surface area contributed by atoms with Crippen LogP contribution in [0.3, 0.4) is 0 Å². The van der Waals surface area contributed by atoms with Crippen LogP contribution in [0.2, 0.25) is 0 Å². The molecule has 8 heteroatoms. The van der Waals surface area contributed by atoms with Crippen molar-refractivity contribution in [2.75, 3.05) is 13.2 Å². The van der Waals surface area contributed by atoms with Crippen molar-refractivity contribution in [2.45, 2.75) is 32.2 Å². The monoisotopic (exact) mass is 334 g/mol. The molecule has 0 aliphatic rings. The largest absolute Gasteiger partial charge is 0.491 e. The molecule has 0 fully saturated rings. The Morgan fingerprint density at radius 2 is 1.87 bits per heavy atom. The van der Waals surface area contributed by atoms with Gasteiger partial charge in [0.2, 0.25) is 5.91 Å². The van der Waals surface area contributed by atoms with E-state index < -0.39 is 23.8 Å². The summed E-state index contributed by atoms with van der Waals surface area (Å²) >= 11 is 0. The van der Waals surface area contributed by atoms with Gasteiger partial charge in [-0.3, -0.25) is 4.79 Å². The molecule has 0 saturated carbocycles. The first-order valence-electron chi connectivity index (χ1n) is 7.12. The van der Waals surface area contributed by atoms with Crippen molar-refractivity contribution < 1.29 is 27.8 Å². The third-order valence-corrected chi connectivity index (χ3v) is 3.34. The van der Waals surface area contributed by atoms with E-state index in [2.05, 4.69) is 5.32 Å². The molecule has 3 atom stereocenters. The van der Waals surface area contributed by atoms with Gasteiger partial charge in [-0.25, -0.2) is 0 Å². The normalized spacial score (nSPS) is 15.6. The Hall–Kier alpha value is -1.80. The molecule has 3 unspecified atom stereocenters. The summed E-state index contributed by atoms with van der Waals surface area (Å²) in [6.07, 6.45) is -5.39. The highest BCUT2D eigenvalue weighted by molar-refractivity contribution is 5.78. The Bertz CT molecular complexity index is 504. The van der Waals surface area contributed by atoms with Crippen LogP contribution in [0, 0.1) is 5.92 Å². The minimum atomic E-state index is -4.40. The molecule has 1 amide bonds. The summed E-state index contributed by atoms with van der Waals surface area (Å²) in [6.45, 7) is 3.19. The molecular weight excluding hydrogens is 313 g/mol. The summed E-state index contributed by atoms with van der Waals surface area (Å²) in [5, 5.41) is 12.2. The second-order valence-corrected chi connectivity index (χ2v) is 5.38. The van der Waals surface area contributed by atoms with Gasteiger partial charge in [0.1, 0.15) is 18.5 Å². The van der Waals surface area contributed by atoms with Crippen LogP contribution in [0.15, 0.2) is 24.3 Å². The number of hydrogen-bond donors (Lipinski definition) is 3. The van der Waals surface area contributed by atoms with E-state index in [0.717, 1.165) is 12.1 Å². The number of alkyl halides is 3. The molecule has 1 aromatic carbocycles. The number of hydrogen-bond acceptors (Lipinski definition) is 4. The van der Waals surface area contributed by atoms with Gasteiger partial charge < -0.3 is 20.9 Å². The molecular formula is C15H21F3N2O3. The van der Waals surface area contributed by atoms with Gasteiger partial charge in [-0.05, 0) is 31.2 Å². The van der Waals surface area contributed by atoms with Gasteiger partial charge in [0.05, 0.1) is 5.56 Å². The molecule has 23 heavy (non-hydrogen) atoms. The number of aliphatic hydroxyl groups excluding tert-OH is 1. The topological polar surface area (TPSA) is 84.6 Å². The summed E-state index contributed by atoms with van der Waals surface area (Å²) in [5.41, 5.74) is 4.82. The molecule has 1 rings (SSSR count). The second-order valence-electron chi connectivity index (χ2n) is 5.38. The number of carbonyl (C=O) groups is 1. The number of aliphatic hydroxyl groups is 1. The Labute approximate surface area is 132 Å². The predicted octanol–water partition coefficient (Wildman–Crippen LogP) is 1.54. The van der Waals surface area contributed by atoms with Crippen molar-refractivity contribution in [1.82, 2.24) is 5.32 Å². The Kier molecular flexibility index (Phi) is 6.83. The lowest BCUT2D eigenvalue weighted by molar-refractivity contribution is -0.137. The van der Waals surface area contributed by atoms with E-state index in [0.29, 0.717) is 0 Å². The van der Waals surface area contributed by atoms with Gasteiger partial charge in [-0.15, -0.1) is 0 Å². The zero-order valence-corrected chi connectivity index (χ0v) is 12.9. The zero-order chi connectivity index (χ0) is 17.6. The number of rotatable bonds is 7. The first kappa shape index (κ1) is 19.2. The highest BCUT2D eigenvalue weighted by Crippen LogP contribution is 2.30. The van der Waals surface area contributed by atoms with E-state index in [1.54, 1.807) is 13.8 Å². The van der Waals surface area contributed by atoms with E-state index >= 15 is 0 Å². The van der Waals surface area contributed by atoms with Crippen LogP contribution < -0.4 is 15.8 Å². The first-order valence-corrected chi connectivity index (χ1v) is 7.12. The van der Waals surface area contributed by atoms with Crippen LogP contribution >= 0.6 is 0 Å². The van der Waals surface area contributed by atoms with Crippen molar-refractivity contribution in [3.8, 4) is 5.75 Å². The lowest BCUT2D eigenvalue weighted by Crippen LogP contribution is -2.42. The predicted molar refractivity (Wildman–Crippen MR) is 78.8 cm³/mol. The zero-order valence-electron chi connectivity index (χ0n) is 12.9. The van der Waals surface area contributed by atoms with Gasteiger partial charge in [0, 0.05) is 18.5 Å². The Morgan fingerprint density at radius 3 is 2.35 bits per heavy atom. The van der Waals surface area contributed by atoms with Crippen molar-refractivity contribution in [1.29, 1.82) is 0 Å². The average Bonchev–Trinajstić information content (AvgIpc) is 2.49. The Morgan fingerprint density at radius 1 is 1.30 bits per heavy atom. The maximum Gasteiger partial charge on any atom is 0.416 e. The summed E-state index contributed by atoms with van der Waals surface area (Å²) in [5.74, 6) is -0.473. The number of amides is 1. The molecule has 0 aromatic heterocycles. The molecule has 130 valence electrons. The van der Waals surface area contributed by atoms with Gasteiger partial charge in [0.15, 0.2) is 0 Å². The minimum Gasteiger partial charge on any atom is -0.491 e. The van der Waals surface area contributed by atoms with Crippen LogP contribution in [0.1, 0.15) is 19.4 Å². The lowest BCUT2D eigenvalue weighted by Gasteiger charge is -2.18. The highest BCUT2D eigenvalue weighted by atomic mass is 19.4. The number of nitrogens with one attached hydrogen (secondary N) is 1. The van der Waals surface area contributed by atoms with Crippen molar-refractivity contribution >= 4 is 5.91 Å². The average molecular weight is 334 g/mol. The van der Waals surface area contributed by atoms with Gasteiger partial charge in [-0.2, -0.15) is 13.2 Å². The standard InChI is InChI=1S/C15H21F3N2O3/c1-9(10(2)19)14(22)20-7-12(21)8-23-13-5-3-11(4-6-13)15(16,17)18/h3-6,9-10,12,21H,7-8,19H2,1-2H3,(H,20,22). The van der Waals surface area contributed by atoms with E-state index in [1.807, 2.05) is 0 Å². The summed E-state index contributed by atoms with van der Waals surface area (Å²) in [7, 11) is 0. The van der Waals surface area contributed by atoms with Crippen molar-refractivity contribution in [3.63, 3.8) is 0 Å². The van der Waals surface area contributed by atoms with Gasteiger partial charge in [0.25, 0.3) is 0 Å². The third-order valence-electron chi connectivity index (χ3n) is 3.34. The van der Waals surface area contributed by atoms with Crippen molar-refractivity contribution in [3.05, 3.63) is 29.8 Å². The number of carbonyl (C=O) groups excluding carboxylic acids is 1. The maximum absolute atomic E-state index is 12.4. The fourth-order valence-electron chi connectivity index (χ4n) is 1.61. The van der Waals surface area contributed by atoms with Crippen LogP contribution in [-0.4, -0.2) is 36.3 Å². The number of ether oxygens (including phenoxy) is 1. The number of benzene rings is 1. The molecule has 0 bridgehead atoms. The van der Waals surface area contributed by atoms with Gasteiger partial charge >= 0.3 is 6.18 Å². The van der Waals surface area contributed by atoms with Crippen LogP contribution in [0.4, 0.5) is 13.2 Å². The van der Waals surface area contributed by atoms with Crippen LogP contribution in [-0.2, 0) is 11.0 Å². The number of halogens is 3. The first-order chi connectivity index (χ1) is 10.6. The highest BCUT2D eigenvalue weighted by Gasteiger charge is 2.30. The Balaban J connectivity index is 2.39. The minimum absolute atomic E-state index is 0.0312. The van der Waals surface area contributed by atoms with E-state index in [-0.39, 0.29) is 30.9 Å². The van der Waals surface area contributed by atoms with Crippen LogP contribution in [0.5, 0.6) is 5.75 Å². The number of nitrogens with two attached hydrogens (primary N) is 1. The molecule has 4 N–H and O–H groups in total. The maximum atomic E-state index is 12.4. The van der Waals surface area contributed by atoms with Crippen molar-refractivity contribution in [2.24, 2.45) is 11.7 Å². The molecule has 0 saturated heterocycles. The van der Waals surface area contributed by atoms with Crippen LogP contribution in [0.25, 0.3) is 0 Å². The summed E-state index contributed by atoms with van der Waals surface area (Å²) < 4.78 is 42.4. The fraction of sp³-hybridized carbons (Fsp3) is 0.533. The molecule has 0 radical (unpaired) electrons. The third kappa shape index (κ3) is 6.45. The molecule has 0 heterocycles. The fourth-order valence-corrected chi connectivity index (χ4v) is 1.61. The van der Waals surface area contributed by atoms with Gasteiger partial charge in [-0.1, -0.05) is 6.92 Å². The van der Waals surface area contributed by atoms with E-state index in [1.165, 1.54) is 12.1 Å². The summed E-state index contributed by atoms with van der Waals surface area (Å²) in [6, 6.07) is 3.83. The lowest BCUT2D eigenvalue weighted by atomic mass is 10.0. The quantitative estimate of drug-likeness (QED) is 0.706.